The molecular weight excluding hydrogens is 432 g/mol. The highest BCUT2D eigenvalue weighted by Gasteiger charge is 2.31. The van der Waals surface area contributed by atoms with Crippen molar-refractivity contribution >= 4 is 46.1 Å². The van der Waals surface area contributed by atoms with Crippen LogP contribution in [0.3, 0.4) is 0 Å². The van der Waals surface area contributed by atoms with Gasteiger partial charge in [-0.25, -0.2) is 0 Å². The molecule has 0 radical (unpaired) electrons. The summed E-state index contributed by atoms with van der Waals surface area (Å²) in [4.78, 5) is 25.8. The molecular formula is C28H32O4S. The molecule has 1 fully saturated rings. The van der Waals surface area contributed by atoms with Crippen LogP contribution in [0.15, 0.2) is 53.4 Å². The predicted molar refractivity (Wildman–Crippen MR) is 135 cm³/mol. The summed E-state index contributed by atoms with van der Waals surface area (Å²) in [5.41, 5.74) is 0.980. The van der Waals surface area contributed by atoms with Gasteiger partial charge in [-0.05, 0) is 84.3 Å². The molecule has 0 spiro atoms. The van der Waals surface area contributed by atoms with Gasteiger partial charge in [0.25, 0.3) is 0 Å². The maximum Gasteiger partial charge on any atom is 0.309 e. The fourth-order valence-corrected chi connectivity index (χ4v) is 4.73. The monoisotopic (exact) mass is 464 g/mol. The van der Waals surface area contributed by atoms with E-state index in [9.17, 15) is 9.59 Å². The molecule has 1 aliphatic carbocycles. The van der Waals surface area contributed by atoms with Crippen LogP contribution in [-0.2, 0) is 19.1 Å². The Morgan fingerprint density at radius 3 is 2.36 bits per heavy atom. The molecule has 0 bridgehead atoms. The number of carbonyl (C=O) groups excluding carboxylic acids is 2. The first kappa shape index (κ1) is 23.6. The van der Waals surface area contributed by atoms with Crippen LogP contribution in [-0.4, -0.2) is 18.0 Å². The highest BCUT2D eigenvalue weighted by atomic mass is 32.1. The lowest BCUT2D eigenvalue weighted by atomic mass is 9.87. The van der Waals surface area contributed by atoms with Crippen molar-refractivity contribution in [2.24, 2.45) is 11.8 Å². The van der Waals surface area contributed by atoms with Gasteiger partial charge >= 0.3 is 11.9 Å². The molecule has 4 rings (SSSR count). The first-order chi connectivity index (χ1) is 15.9. The summed E-state index contributed by atoms with van der Waals surface area (Å²) >= 11 is 4.48. The third-order valence-corrected chi connectivity index (χ3v) is 7.19. The number of hydrogen-bond donors (Lipinski definition) is 1. The van der Waals surface area contributed by atoms with Gasteiger partial charge in [0, 0.05) is 4.90 Å². The van der Waals surface area contributed by atoms with Gasteiger partial charge in [0.15, 0.2) is 0 Å². The summed E-state index contributed by atoms with van der Waals surface area (Å²) in [7, 11) is 0. The zero-order valence-electron chi connectivity index (χ0n) is 19.5. The number of fused-ring (bicyclic) bond motifs is 3. The molecule has 0 amide bonds. The first-order valence-corrected chi connectivity index (χ1v) is 12.4. The van der Waals surface area contributed by atoms with Crippen LogP contribution in [0.4, 0.5) is 0 Å². The minimum absolute atomic E-state index is 0.0755. The maximum atomic E-state index is 12.8. The molecule has 0 N–H and O–H groups in total. The third-order valence-electron chi connectivity index (χ3n) is 6.91. The van der Waals surface area contributed by atoms with Crippen LogP contribution in [0.1, 0.15) is 64.5 Å². The van der Waals surface area contributed by atoms with Crippen molar-refractivity contribution in [3.05, 3.63) is 54.1 Å². The van der Waals surface area contributed by atoms with E-state index in [0.29, 0.717) is 25.7 Å². The Hall–Kier alpha value is -2.53. The molecule has 0 aliphatic heterocycles. The van der Waals surface area contributed by atoms with E-state index in [1.54, 1.807) is 0 Å². The van der Waals surface area contributed by atoms with Gasteiger partial charge in [-0.15, -0.1) is 12.6 Å². The first-order valence-electron chi connectivity index (χ1n) is 11.9. The third kappa shape index (κ3) is 5.35. The van der Waals surface area contributed by atoms with Crippen LogP contribution in [0, 0.1) is 11.8 Å². The maximum absolute atomic E-state index is 12.8. The predicted octanol–water partition coefficient (Wildman–Crippen LogP) is 7.03. The topological polar surface area (TPSA) is 52.6 Å². The van der Waals surface area contributed by atoms with Crippen LogP contribution in [0.25, 0.3) is 21.5 Å². The second-order valence-corrected chi connectivity index (χ2v) is 9.77. The zero-order valence-corrected chi connectivity index (χ0v) is 20.4. The molecule has 1 saturated carbocycles. The molecule has 2 unspecified atom stereocenters. The van der Waals surface area contributed by atoms with Gasteiger partial charge in [-0.3, -0.25) is 9.59 Å². The Morgan fingerprint density at radius 2 is 1.64 bits per heavy atom. The summed E-state index contributed by atoms with van der Waals surface area (Å²) in [6.07, 6.45) is 3.19. The van der Waals surface area contributed by atoms with E-state index >= 15 is 0 Å². The molecule has 1 aliphatic rings. The molecule has 33 heavy (non-hydrogen) atoms. The molecule has 0 heterocycles. The molecule has 0 aromatic heterocycles. The highest BCUT2D eigenvalue weighted by molar-refractivity contribution is 7.80. The number of thiol groups is 1. The summed E-state index contributed by atoms with van der Waals surface area (Å²) < 4.78 is 11.4. The normalized spacial score (nSPS) is 20.4. The molecule has 4 nitrogen and oxygen atoms in total. The van der Waals surface area contributed by atoms with Gasteiger partial charge in [-0.1, -0.05) is 44.2 Å². The summed E-state index contributed by atoms with van der Waals surface area (Å²) in [6, 6.07) is 16.6. The number of ether oxygens (including phenoxy) is 2. The number of rotatable bonds is 6. The number of benzene rings is 3. The second kappa shape index (κ2) is 10.2. The summed E-state index contributed by atoms with van der Waals surface area (Å²) in [5, 5.41) is 4.63. The Morgan fingerprint density at radius 1 is 0.939 bits per heavy atom. The summed E-state index contributed by atoms with van der Waals surface area (Å²) in [6.45, 7) is 5.79. The van der Waals surface area contributed by atoms with E-state index in [2.05, 4.69) is 49.0 Å². The SMILES string of the molecule is CCC(C)C(=O)OC1CCC(C(=O)OC(C)c2ccc3c(ccc4ccc(S)cc43)c2)CC1. The van der Waals surface area contributed by atoms with Crippen molar-refractivity contribution in [3.63, 3.8) is 0 Å². The molecule has 2 atom stereocenters. The Kier molecular flexibility index (Phi) is 7.28. The Bertz CT molecular complexity index is 1160. The van der Waals surface area contributed by atoms with Crippen molar-refractivity contribution in [1.82, 2.24) is 0 Å². The summed E-state index contributed by atoms with van der Waals surface area (Å²) in [5.74, 6) is -0.503. The average Bonchev–Trinajstić information content (AvgIpc) is 2.83. The average molecular weight is 465 g/mol. The van der Waals surface area contributed by atoms with E-state index in [1.807, 2.05) is 32.9 Å². The Balaban J connectivity index is 1.38. The lowest BCUT2D eigenvalue weighted by Crippen LogP contribution is -2.30. The van der Waals surface area contributed by atoms with Gasteiger partial charge in [0.1, 0.15) is 12.2 Å². The van der Waals surface area contributed by atoms with Crippen molar-refractivity contribution in [2.75, 3.05) is 0 Å². The van der Waals surface area contributed by atoms with E-state index in [4.69, 9.17) is 9.47 Å². The molecule has 174 valence electrons. The fourth-order valence-electron chi connectivity index (χ4n) is 4.52. The van der Waals surface area contributed by atoms with Crippen LogP contribution < -0.4 is 0 Å². The fraction of sp³-hybridized carbons (Fsp3) is 0.429. The minimum Gasteiger partial charge on any atom is -0.462 e. The van der Waals surface area contributed by atoms with E-state index in [1.165, 1.54) is 10.8 Å². The number of hydrogen-bond acceptors (Lipinski definition) is 5. The van der Waals surface area contributed by atoms with Crippen molar-refractivity contribution in [2.45, 2.75) is 70.0 Å². The highest BCUT2D eigenvalue weighted by Crippen LogP contribution is 2.32. The van der Waals surface area contributed by atoms with Gasteiger partial charge in [-0.2, -0.15) is 0 Å². The second-order valence-electron chi connectivity index (χ2n) is 9.25. The van der Waals surface area contributed by atoms with E-state index < -0.39 is 0 Å². The molecule has 3 aromatic rings. The van der Waals surface area contributed by atoms with Gasteiger partial charge in [0.2, 0.25) is 0 Å². The van der Waals surface area contributed by atoms with Crippen molar-refractivity contribution < 1.29 is 19.1 Å². The molecule has 3 aromatic carbocycles. The van der Waals surface area contributed by atoms with Crippen LogP contribution in [0.2, 0.25) is 0 Å². The van der Waals surface area contributed by atoms with E-state index in [0.717, 1.165) is 27.7 Å². The van der Waals surface area contributed by atoms with Gasteiger partial charge < -0.3 is 9.47 Å². The lowest BCUT2D eigenvalue weighted by Gasteiger charge is -2.28. The standard InChI is InChI=1S/C28H32O4S/c1-4-17(2)27(29)32-23-11-7-20(8-12-23)28(30)31-18(3)21-10-14-25-22(15-21)6-5-19-9-13-24(33)16-26(19)25/h5-6,9-10,13-18,20,23,33H,4,7-8,11-12H2,1-3H3. The minimum atomic E-state index is -0.324. The van der Waals surface area contributed by atoms with Gasteiger partial charge in [0.05, 0.1) is 11.8 Å². The largest absolute Gasteiger partial charge is 0.462 e. The zero-order chi connectivity index (χ0) is 23.5. The quantitative estimate of drug-likeness (QED) is 0.242. The van der Waals surface area contributed by atoms with Crippen molar-refractivity contribution in [3.8, 4) is 0 Å². The molecule has 0 saturated heterocycles. The van der Waals surface area contributed by atoms with E-state index in [-0.39, 0.29) is 36.0 Å². The number of esters is 2. The smallest absolute Gasteiger partial charge is 0.309 e. The van der Waals surface area contributed by atoms with Crippen LogP contribution in [0.5, 0.6) is 0 Å². The van der Waals surface area contributed by atoms with Crippen LogP contribution >= 0.6 is 12.6 Å². The number of carbonyl (C=O) groups is 2. The molecule has 5 heteroatoms. The lowest BCUT2D eigenvalue weighted by molar-refractivity contribution is -0.159. The van der Waals surface area contributed by atoms with Crippen molar-refractivity contribution in [1.29, 1.82) is 0 Å². The Labute approximate surface area is 201 Å².